The molecule has 2 heterocycles. The molecule has 0 radical (unpaired) electrons. The molecule has 0 fully saturated rings. The van der Waals surface area contributed by atoms with Gasteiger partial charge in [-0.15, -0.1) is 0 Å². The second kappa shape index (κ2) is 44.8. The average molecular weight is 1300 g/mol. The van der Waals surface area contributed by atoms with Crippen LogP contribution >= 0.6 is 23.2 Å². The molecule has 0 atom stereocenters. The Morgan fingerprint density at radius 3 is 1.09 bits per heavy atom. The van der Waals surface area contributed by atoms with Gasteiger partial charge in [0.15, 0.2) is 0 Å². The first-order chi connectivity index (χ1) is 43.4. The first-order valence-corrected chi connectivity index (χ1v) is 32.0. The SMILES string of the molecule is C.C.Cc1cc(-c2ccc(OCCCCCOCCOCCOCCOCCO)c(-c3ccc(Cl)c(C)c3)c2C)n(C)n1.Cc1cc(-c2ccc(OCCCCCOCCOCCOCCOCCOCc3ccccc3)c(-c3ccc(Cl)c(C)c3)c2C)n(C)n1. The van der Waals surface area contributed by atoms with Crippen LogP contribution in [0.4, 0.5) is 0 Å². The Kier molecular flexibility index (Phi) is 38.3. The fraction of sp³-hybridized carbons (Fsp3) is 0.507. The van der Waals surface area contributed by atoms with E-state index in [0.717, 1.165) is 144 Å². The Morgan fingerprint density at radius 2 is 0.736 bits per heavy atom. The third kappa shape index (κ3) is 27.4. The number of aliphatic hydroxyl groups excluding tert-OH is 1. The van der Waals surface area contributed by atoms with E-state index in [2.05, 4.69) is 84.7 Å². The Balaban J connectivity index is 0.000000385. The van der Waals surface area contributed by atoms with E-state index in [1.54, 1.807) is 0 Å². The van der Waals surface area contributed by atoms with Gasteiger partial charge in [0, 0.05) is 59.6 Å². The number of hydrogen-bond acceptors (Lipinski definition) is 14. The van der Waals surface area contributed by atoms with Gasteiger partial charge < -0.3 is 57.2 Å². The molecule has 0 aliphatic heterocycles. The Bertz CT molecular complexity index is 3120. The molecule has 0 amide bonds. The number of hydrogen-bond donors (Lipinski definition) is 1. The standard InChI is InChI=1S/C39H51ClN2O6.C32H45ClN2O6.2CH4/c1-30-27-34(13-15-36(30)40)39-32(3)35(37-28-31(2)41-42(37)4)14-16-38(39)48-18-10-6-9-17-43-19-20-44-21-22-45-23-24-46-25-26-47-29-33-11-7-5-8-12-33;1-24-22-27(8-10-29(24)33)32-26(3)28(30-23-25(2)34-35(30)4)9-11-31(32)41-14-7-5-6-13-37-16-18-39-20-21-40-19-17-38-15-12-36;;/h5,7-8,11-16,27-28H,6,9-10,17-26,29H2,1-4H3;8-11,22-23,36H,5-7,12-21H2,1-4H3;2*1H4. The normalized spacial score (nSPS) is 11.1. The van der Waals surface area contributed by atoms with Gasteiger partial charge in [0.1, 0.15) is 11.5 Å². The van der Waals surface area contributed by atoms with Crippen LogP contribution in [0.5, 0.6) is 11.5 Å². The van der Waals surface area contributed by atoms with Gasteiger partial charge in [-0.2, -0.15) is 10.2 Å². The van der Waals surface area contributed by atoms with E-state index in [-0.39, 0.29) is 21.5 Å². The van der Waals surface area contributed by atoms with Crippen molar-refractivity contribution < 1.29 is 57.2 Å². The van der Waals surface area contributed by atoms with Crippen molar-refractivity contribution in [2.24, 2.45) is 14.1 Å². The molecular formula is C73H104Cl2N4O12. The number of rotatable bonds is 43. The average Bonchev–Trinajstić information content (AvgIpc) is 1.76. The molecule has 0 spiro atoms. The minimum atomic E-state index is 0. The van der Waals surface area contributed by atoms with Gasteiger partial charge in [0.25, 0.3) is 0 Å². The molecule has 5 aromatic carbocycles. The molecule has 1 N–H and O–H groups in total. The van der Waals surface area contributed by atoms with Crippen molar-refractivity contribution in [2.45, 2.75) is 102 Å². The molecule has 16 nitrogen and oxygen atoms in total. The number of halogens is 2. The Labute approximate surface area is 553 Å². The van der Waals surface area contributed by atoms with Gasteiger partial charge in [0.05, 0.1) is 148 Å². The summed E-state index contributed by atoms with van der Waals surface area (Å²) in [5, 5.41) is 19.2. The van der Waals surface area contributed by atoms with Gasteiger partial charge in [-0.3, -0.25) is 9.36 Å². The second-order valence-electron chi connectivity index (χ2n) is 21.7. The highest BCUT2D eigenvalue weighted by Crippen LogP contribution is 2.42. The summed E-state index contributed by atoms with van der Waals surface area (Å²) >= 11 is 12.7. The lowest BCUT2D eigenvalue weighted by molar-refractivity contribution is -0.0126. The number of aliphatic hydroxyl groups is 1. The van der Waals surface area contributed by atoms with Crippen LogP contribution in [0.1, 0.15) is 92.6 Å². The van der Waals surface area contributed by atoms with Crippen LogP contribution in [0.2, 0.25) is 10.0 Å². The third-order valence-electron chi connectivity index (χ3n) is 14.6. The highest BCUT2D eigenvalue weighted by molar-refractivity contribution is 6.31. The summed E-state index contributed by atoms with van der Waals surface area (Å²) in [5.74, 6) is 1.76. The monoisotopic (exact) mass is 1300 g/mol. The molecule has 0 aliphatic carbocycles. The summed E-state index contributed by atoms with van der Waals surface area (Å²) in [7, 11) is 3.96. The highest BCUT2D eigenvalue weighted by Gasteiger charge is 2.20. The van der Waals surface area contributed by atoms with Crippen molar-refractivity contribution >= 4 is 23.2 Å². The number of aromatic nitrogens is 4. The summed E-state index contributed by atoms with van der Waals surface area (Å²) in [6.07, 6.45) is 5.89. The molecule has 0 saturated carbocycles. The lowest BCUT2D eigenvalue weighted by Gasteiger charge is -2.18. The largest absolute Gasteiger partial charge is 0.493 e. The van der Waals surface area contributed by atoms with Crippen molar-refractivity contribution in [2.75, 3.05) is 132 Å². The fourth-order valence-electron chi connectivity index (χ4n) is 10.0. The van der Waals surface area contributed by atoms with Gasteiger partial charge >= 0.3 is 0 Å². The molecule has 0 unspecified atom stereocenters. The summed E-state index contributed by atoms with van der Waals surface area (Å²) in [5.41, 5.74) is 16.3. The molecule has 502 valence electrons. The minimum absolute atomic E-state index is 0. The number of unbranched alkanes of at least 4 members (excludes halogenated alkanes) is 4. The molecule has 91 heavy (non-hydrogen) atoms. The van der Waals surface area contributed by atoms with E-state index in [0.29, 0.717) is 132 Å². The third-order valence-corrected chi connectivity index (χ3v) is 15.5. The Hall–Kier alpha value is -5.70. The van der Waals surface area contributed by atoms with Crippen molar-refractivity contribution in [3.05, 3.63) is 152 Å². The van der Waals surface area contributed by atoms with Crippen molar-refractivity contribution in [3.8, 4) is 56.3 Å². The van der Waals surface area contributed by atoms with Gasteiger partial charge in [-0.25, -0.2) is 0 Å². The van der Waals surface area contributed by atoms with Gasteiger partial charge in [0.2, 0.25) is 0 Å². The maximum absolute atomic E-state index is 8.63. The van der Waals surface area contributed by atoms with Crippen LogP contribution in [0.15, 0.2) is 103 Å². The predicted molar refractivity (Wildman–Crippen MR) is 368 cm³/mol. The van der Waals surface area contributed by atoms with Crippen LogP contribution in [0.25, 0.3) is 44.8 Å². The zero-order valence-corrected chi connectivity index (χ0v) is 55.4. The van der Waals surface area contributed by atoms with Crippen LogP contribution in [-0.2, 0) is 63.3 Å². The van der Waals surface area contributed by atoms with E-state index < -0.39 is 0 Å². The maximum atomic E-state index is 8.63. The highest BCUT2D eigenvalue weighted by atomic mass is 35.5. The lowest BCUT2D eigenvalue weighted by Crippen LogP contribution is -2.13. The van der Waals surface area contributed by atoms with Crippen LogP contribution < -0.4 is 9.47 Å². The number of nitrogens with zero attached hydrogens (tertiary/aromatic N) is 4. The van der Waals surface area contributed by atoms with Crippen molar-refractivity contribution in [1.29, 1.82) is 0 Å². The molecule has 2 aromatic heterocycles. The maximum Gasteiger partial charge on any atom is 0.127 e. The van der Waals surface area contributed by atoms with E-state index in [9.17, 15) is 0 Å². The summed E-state index contributed by atoms with van der Waals surface area (Å²) in [6, 6.07) is 35.1. The Morgan fingerprint density at radius 1 is 0.385 bits per heavy atom. The van der Waals surface area contributed by atoms with Gasteiger partial charge in [-0.1, -0.05) is 80.5 Å². The quantitative estimate of drug-likeness (QED) is 0.0360. The fourth-order valence-corrected chi connectivity index (χ4v) is 10.2. The summed E-state index contributed by atoms with van der Waals surface area (Å²) < 4.78 is 66.3. The smallest absolute Gasteiger partial charge is 0.127 e. The topological polar surface area (TPSA) is 157 Å². The van der Waals surface area contributed by atoms with Gasteiger partial charge in [-0.05, 0) is 180 Å². The summed E-state index contributed by atoms with van der Waals surface area (Å²) in [4.78, 5) is 0. The van der Waals surface area contributed by atoms with E-state index in [1.165, 1.54) is 0 Å². The zero-order chi connectivity index (χ0) is 63.4. The van der Waals surface area contributed by atoms with Crippen LogP contribution in [0, 0.1) is 41.5 Å². The van der Waals surface area contributed by atoms with E-state index >= 15 is 0 Å². The van der Waals surface area contributed by atoms with Crippen LogP contribution in [-0.4, -0.2) is 157 Å². The zero-order valence-electron chi connectivity index (χ0n) is 53.9. The summed E-state index contributed by atoms with van der Waals surface area (Å²) in [6.45, 7) is 23.6. The minimum Gasteiger partial charge on any atom is -0.493 e. The number of benzene rings is 5. The molecule has 7 rings (SSSR count). The molecular weight excluding hydrogens is 1200 g/mol. The molecule has 0 saturated heterocycles. The van der Waals surface area contributed by atoms with Crippen molar-refractivity contribution in [3.63, 3.8) is 0 Å². The number of ether oxygens (including phenoxy) is 11. The van der Waals surface area contributed by atoms with E-state index in [1.807, 2.05) is 93.6 Å². The molecule has 0 aliphatic rings. The predicted octanol–water partition coefficient (Wildman–Crippen LogP) is 15.4. The first-order valence-electron chi connectivity index (χ1n) is 31.3. The molecule has 7 aromatic rings. The van der Waals surface area contributed by atoms with E-state index in [4.69, 9.17) is 80.4 Å². The second-order valence-corrected chi connectivity index (χ2v) is 22.5. The lowest BCUT2D eigenvalue weighted by atomic mass is 9.93. The first kappa shape index (κ1) is 77.7. The molecule has 18 heteroatoms. The van der Waals surface area contributed by atoms with Crippen LogP contribution in [0.3, 0.4) is 0 Å². The molecule has 0 bridgehead atoms. The van der Waals surface area contributed by atoms with Crippen molar-refractivity contribution in [1.82, 2.24) is 19.6 Å². The number of aryl methyl sites for hydroxylation is 6.